The number of benzene rings is 1. The normalized spacial score (nSPS) is 15.4. The number of carbonyl (C=O) groups excluding carboxylic acids is 1. The van der Waals surface area contributed by atoms with Gasteiger partial charge in [-0.2, -0.15) is 0 Å². The maximum atomic E-state index is 12.9. The van der Waals surface area contributed by atoms with Crippen LogP contribution in [-0.4, -0.2) is 51.9 Å². The van der Waals surface area contributed by atoms with Crippen LogP contribution in [0.5, 0.6) is 0 Å². The van der Waals surface area contributed by atoms with Gasteiger partial charge in [0.05, 0.1) is 22.8 Å². The van der Waals surface area contributed by atoms with Crippen LogP contribution in [0.4, 0.5) is 0 Å². The standard InChI is InChI=1S/C22H26N4O2S/c1-16-20(24-22(28-16)18-7-4-3-5-8-18)13-21(27)26-10-6-9-25(11-12-26)14-19-15-29-17(2)23-19/h3-5,7-8,15H,6,9-14H2,1-2H3. The zero-order chi connectivity index (χ0) is 20.2. The van der Waals surface area contributed by atoms with Crippen molar-refractivity contribution in [1.82, 2.24) is 19.8 Å². The molecule has 4 rings (SSSR count). The second kappa shape index (κ2) is 8.88. The third-order valence-corrected chi connectivity index (χ3v) is 6.05. The Hall–Kier alpha value is -2.51. The summed E-state index contributed by atoms with van der Waals surface area (Å²) in [5.41, 5.74) is 2.78. The SMILES string of the molecule is Cc1nc(CN2CCCN(C(=O)Cc3nc(-c4ccccc4)oc3C)CC2)cs1. The fourth-order valence-corrected chi connectivity index (χ4v) is 4.24. The Kier molecular flexibility index (Phi) is 6.06. The summed E-state index contributed by atoms with van der Waals surface area (Å²) in [5.74, 6) is 1.41. The van der Waals surface area contributed by atoms with Gasteiger partial charge in [-0.25, -0.2) is 9.97 Å². The highest BCUT2D eigenvalue weighted by atomic mass is 32.1. The molecule has 0 bridgehead atoms. The Labute approximate surface area is 175 Å². The summed E-state index contributed by atoms with van der Waals surface area (Å²) in [5, 5.41) is 3.23. The quantitative estimate of drug-likeness (QED) is 0.642. The average molecular weight is 411 g/mol. The van der Waals surface area contributed by atoms with Crippen LogP contribution in [0, 0.1) is 13.8 Å². The zero-order valence-corrected chi connectivity index (χ0v) is 17.7. The molecule has 2 aromatic heterocycles. The summed E-state index contributed by atoms with van der Waals surface area (Å²) < 4.78 is 5.80. The summed E-state index contributed by atoms with van der Waals surface area (Å²) in [6.07, 6.45) is 1.26. The van der Waals surface area contributed by atoms with Gasteiger partial charge in [-0.05, 0) is 32.4 Å². The first kappa shape index (κ1) is 19.8. The van der Waals surface area contributed by atoms with E-state index in [2.05, 4.69) is 20.2 Å². The van der Waals surface area contributed by atoms with E-state index in [1.54, 1.807) is 11.3 Å². The number of hydrogen-bond acceptors (Lipinski definition) is 6. The van der Waals surface area contributed by atoms with E-state index < -0.39 is 0 Å². The molecule has 1 aliphatic rings. The van der Waals surface area contributed by atoms with Crippen LogP contribution >= 0.6 is 11.3 Å². The van der Waals surface area contributed by atoms with Crippen LogP contribution < -0.4 is 0 Å². The second-order valence-electron chi connectivity index (χ2n) is 7.43. The monoisotopic (exact) mass is 410 g/mol. The molecule has 1 fully saturated rings. The van der Waals surface area contributed by atoms with Crippen molar-refractivity contribution < 1.29 is 9.21 Å². The number of amides is 1. The van der Waals surface area contributed by atoms with E-state index >= 15 is 0 Å². The number of nitrogens with zero attached hydrogens (tertiary/aromatic N) is 4. The fraction of sp³-hybridized carbons (Fsp3) is 0.409. The molecule has 0 saturated carbocycles. The lowest BCUT2D eigenvalue weighted by atomic mass is 10.2. The van der Waals surface area contributed by atoms with E-state index in [0.717, 1.165) is 61.1 Å². The molecule has 6 nitrogen and oxygen atoms in total. The molecule has 0 unspecified atom stereocenters. The zero-order valence-electron chi connectivity index (χ0n) is 16.9. The van der Waals surface area contributed by atoms with Crippen LogP contribution in [0.3, 0.4) is 0 Å². The molecule has 1 aromatic carbocycles. The van der Waals surface area contributed by atoms with Gasteiger partial charge in [0.1, 0.15) is 5.76 Å². The van der Waals surface area contributed by atoms with Gasteiger partial charge in [0.2, 0.25) is 11.8 Å². The molecule has 0 aliphatic carbocycles. The van der Waals surface area contributed by atoms with Crippen molar-refractivity contribution >= 4 is 17.2 Å². The minimum atomic E-state index is 0.118. The topological polar surface area (TPSA) is 62.5 Å². The Morgan fingerprint density at radius 3 is 2.69 bits per heavy atom. The molecule has 29 heavy (non-hydrogen) atoms. The molecule has 1 saturated heterocycles. The van der Waals surface area contributed by atoms with Crippen molar-refractivity contribution in [2.24, 2.45) is 0 Å². The largest absolute Gasteiger partial charge is 0.441 e. The van der Waals surface area contributed by atoms with Crippen molar-refractivity contribution in [2.75, 3.05) is 26.2 Å². The molecule has 1 aliphatic heterocycles. The number of thiazole rings is 1. The molecule has 0 radical (unpaired) electrons. The summed E-state index contributed by atoms with van der Waals surface area (Å²) in [6, 6.07) is 9.79. The Bertz CT molecular complexity index is 966. The van der Waals surface area contributed by atoms with Crippen molar-refractivity contribution in [3.63, 3.8) is 0 Å². The first-order valence-corrected chi connectivity index (χ1v) is 10.9. The number of rotatable bonds is 5. The smallest absolute Gasteiger partial charge is 0.228 e. The van der Waals surface area contributed by atoms with Crippen LogP contribution in [0.15, 0.2) is 40.1 Å². The van der Waals surface area contributed by atoms with Crippen LogP contribution in [0.1, 0.15) is 28.6 Å². The number of hydrogen-bond donors (Lipinski definition) is 0. The van der Waals surface area contributed by atoms with Gasteiger partial charge < -0.3 is 9.32 Å². The number of aryl methyl sites for hydroxylation is 2. The lowest BCUT2D eigenvalue weighted by molar-refractivity contribution is -0.130. The number of aromatic nitrogens is 2. The molecule has 0 spiro atoms. The minimum absolute atomic E-state index is 0.118. The van der Waals surface area contributed by atoms with Gasteiger partial charge >= 0.3 is 0 Å². The van der Waals surface area contributed by atoms with Crippen LogP contribution in [0.2, 0.25) is 0 Å². The van der Waals surface area contributed by atoms with E-state index in [4.69, 9.17) is 4.42 Å². The predicted octanol–water partition coefficient (Wildman–Crippen LogP) is 3.69. The highest BCUT2D eigenvalue weighted by Gasteiger charge is 2.22. The molecule has 7 heteroatoms. The van der Waals surface area contributed by atoms with Gasteiger partial charge in [0, 0.05) is 43.7 Å². The molecule has 3 aromatic rings. The Morgan fingerprint density at radius 2 is 1.93 bits per heavy atom. The fourth-order valence-electron chi connectivity index (χ4n) is 3.64. The lowest BCUT2D eigenvalue weighted by Crippen LogP contribution is -2.36. The summed E-state index contributed by atoms with van der Waals surface area (Å²) in [7, 11) is 0. The summed E-state index contributed by atoms with van der Waals surface area (Å²) >= 11 is 1.69. The van der Waals surface area contributed by atoms with E-state index in [0.29, 0.717) is 11.7 Å². The molecular weight excluding hydrogens is 384 g/mol. The highest BCUT2D eigenvalue weighted by Crippen LogP contribution is 2.22. The van der Waals surface area contributed by atoms with Gasteiger partial charge in [-0.15, -0.1) is 11.3 Å². The molecule has 1 amide bonds. The van der Waals surface area contributed by atoms with Crippen LogP contribution in [0.25, 0.3) is 11.5 Å². The van der Waals surface area contributed by atoms with Crippen molar-refractivity contribution in [1.29, 1.82) is 0 Å². The van der Waals surface area contributed by atoms with E-state index in [9.17, 15) is 4.79 Å². The van der Waals surface area contributed by atoms with Crippen molar-refractivity contribution in [3.05, 3.63) is 57.9 Å². The van der Waals surface area contributed by atoms with Crippen LogP contribution in [-0.2, 0) is 17.8 Å². The highest BCUT2D eigenvalue weighted by molar-refractivity contribution is 7.09. The summed E-state index contributed by atoms with van der Waals surface area (Å²) in [4.78, 5) is 26.4. The molecule has 152 valence electrons. The molecule has 3 heterocycles. The Balaban J connectivity index is 1.36. The first-order valence-electron chi connectivity index (χ1n) is 10.0. The van der Waals surface area contributed by atoms with Crippen molar-refractivity contribution in [3.8, 4) is 11.5 Å². The lowest BCUT2D eigenvalue weighted by Gasteiger charge is -2.21. The molecule has 0 atom stereocenters. The van der Waals surface area contributed by atoms with E-state index in [1.165, 1.54) is 0 Å². The first-order chi connectivity index (χ1) is 14.1. The third-order valence-electron chi connectivity index (χ3n) is 5.23. The van der Waals surface area contributed by atoms with Gasteiger partial charge in [-0.3, -0.25) is 9.69 Å². The maximum Gasteiger partial charge on any atom is 0.228 e. The van der Waals surface area contributed by atoms with E-state index in [1.807, 2.05) is 49.1 Å². The number of oxazole rings is 1. The van der Waals surface area contributed by atoms with Gasteiger partial charge in [0.15, 0.2) is 0 Å². The Morgan fingerprint density at radius 1 is 1.10 bits per heavy atom. The van der Waals surface area contributed by atoms with Gasteiger partial charge in [0.25, 0.3) is 0 Å². The predicted molar refractivity (Wildman–Crippen MR) is 114 cm³/mol. The molecule has 0 N–H and O–H groups in total. The van der Waals surface area contributed by atoms with E-state index in [-0.39, 0.29) is 12.3 Å². The summed E-state index contributed by atoms with van der Waals surface area (Å²) in [6.45, 7) is 8.15. The molecular formula is C22H26N4O2S. The second-order valence-corrected chi connectivity index (χ2v) is 8.50. The third kappa shape index (κ3) is 4.92. The minimum Gasteiger partial charge on any atom is -0.441 e. The number of carbonyl (C=O) groups is 1. The maximum absolute atomic E-state index is 12.9. The van der Waals surface area contributed by atoms with Crippen molar-refractivity contribution in [2.45, 2.75) is 33.2 Å². The van der Waals surface area contributed by atoms with Gasteiger partial charge in [-0.1, -0.05) is 18.2 Å². The average Bonchev–Trinajstić information content (AvgIpc) is 3.20.